The summed E-state index contributed by atoms with van der Waals surface area (Å²) in [5, 5.41) is 3.72. The maximum Gasteiger partial charge on any atom is 0.154 e. The van der Waals surface area contributed by atoms with Gasteiger partial charge in [0.2, 0.25) is 0 Å². The Morgan fingerprint density at radius 3 is 1.31 bits per heavy atom. The molecule has 4 unspecified atom stereocenters. The molecule has 0 radical (unpaired) electrons. The zero-order chi connectivity index (χ0) is 27.2. The van der Waals surface area contributed by atoms with E-state index in [4.69, 9.17) is 11.5 Å². The van der Waals surface area contributed by atoms with Gasteiger partial charge in [-0.2, -0.15) is 0 Å². The van der Waals surface area contributed by atoms with Gasteiger partial charge in [0.25, 0.3) is 0 Å². The van der Waals surface area contributed by atoms with Gasteiger partial charge in [0.05, 0.1) is 17.1 Å². The third kappa shape index (κ3) is 23.0. The molecule has 0 aromatic rings. The smallest absolute Gasteiger partial charge is 0.154 e. The van der Waals surface area contributed by atoms with E-state index in [9.17, 15) is 0 Å². The first-order chi connectivity index (χ1) is 17.4. The molecule has 4 N–H and O–H groups in total. The van der Waals surface area contributed by atoms with E-state index < -0.39 is 0 Å². The van der Waals surface area contributed by atoms with Crippen molar-refractivity contribution in [2.24, 2.45) is 21.5 Å². The molecular formula is C30H68N4O3S2. The van der Waals surface area contributed by atoms with Crippen molar-refractivity contribution in [3.8, 4) is 0 Å². The Kier molecular flexibility index (Phi) is 35.9. The zero-order valence-electron chi connectivity index (χ0n) is 24.2. The van der Waals surface area contributed by atoms with Gasteiger partial charge < -0.3 is 25.7 Å². The molecule has 0 aromatic heterocycles. The Morgan fingerprint density at radius 1 is 0.590 bits per heavy atom. The van der Waals surface area contributed by atoms with Gasteiger partial charge in [0.1, 0.15) is 0 Å². The van der Waals surface area contributed by atoms with Crippen molar-refractivity contribution < 1.29 is 14.2 Å². The van der Waals surface area contributed by atoms with E-state index in [1.54, 1.807) is 54.4 Å². The van der Waals surface area contributed by atoms with Crippen LogP contribution >= 0.6 is 23.5 Å². The van der Waals surface area contributed by atoms with Gasteiger partial charge in [-0.05, 0) is 45.4 Å². The highest BCUT2D eigenvalue weighted by atomic mass is 32.2. The molecule has 2 aliphatic heterocycles. The molecule has 39 heavy (non-hydrogen) atoms. The highest BCUT2D eigenvalue weighted by Gasteiger charge is 2.31. The molecule has 238 valence electrons. The molecule has 0 spiro atoms. The Hall–Kier alpha value is -0.320. The molecular weight excluding hydrogens is 528 g/mol. The molecule has 9 heteroatoms. The molecule has 0 saturated heterocycles. The normalized spacial score (nSPS) is 25.9. The molecule has 3 aliphatic carbocycles. The quantitative estimate of drug-likeness (QED) is 0.294. The molecule has 0 bridgehead atoms. The van der Waals surface area contributed by atoms with E-state index in [0.717, 1.165) is 15.7 Å². The number of hydrogen-bond acceptors (Lipinski definition) is 9. The van der Waals surface area contributed by atoms with Crippen LogP contribution in [0.4, 0.5) is 0 Å². The van der Waals surface area contributed by atoms with Crippen LogP contribution < -0.4 is 11.5 Å². The lowest BCUT2D eigenvalue weighted by Crippen LogP contribution is -2.22. The Labute approximate surface area is 252 Å². The van der Waals surface area contributed by atoms with Crippen LogP contribution in [0.1, 0.15) is 113 Å². The number of thioether (sulfide) groups is 2. The second-order valence-corrected chi connectivity index (χ2v) is 12.4. The van der Waals surface area contributed by atoms with Crippen molar-refractivity contribution in [1.29, 1.82) is 0 Å². The topological polar surface area (TPSA) is 104 Å². The first-order valence-corrected chi connectivity index (χ1v) is 15.3. The summed E-state index contributed by atoms with van der Waals surface area (Å²) in [5.41, 5.74) is 11.2. The van der Waals surface area contributed by atoms with Gasteiger partial charge in [0.15, 0.2) is 5.17 Å². The predicted octanol–water partition coefficient (Wildman–Crippen LogP) is 7.80. The van der Waals surface area contributed by atoms with Gasteiger partial charge in [0, 0.05) is 59.2 Å². The fourth-order valence-electron chi connectivity index (χ4n) is 4.69. The van der Waals surface area contributed by atoms with Crippen molar-refractivity contribution >= 4 is 33.7 Å². The number of ether oxygens (including phenoxy) is 3. The lowest BCUT2D eigenvalue weighted by atomic mass is 9.95. The summed E-state index contributed by atoms with van der Waals surface area (Å²) in [5.74, 6) is 0. The van der Waals surface area contributed by atoms with E-state index in [0.29, 0.717) is 18.1 Å². The highest BCUT2D eigenvalue weighted by Crippen LogP contribution is 2.37. The second kappa shape index (κ2) is 30.6. The summed E-state index contributed by atoms with van der Waals surface area (Å²) in [6.45, 7) is 2.14. The first kappa shape index (κ1) is 45.7. The minimum absolute atomic E-state index is 0. The van der Waals surface area contributed by atoms with Crippen LogP contribution in [0.25, 0.3) is 0 Å². The summed E-state index contributed by atoms with van der Waals surface area (Å²) < 4.78 is 12.8. The molecule has 3 saturated carbocycles. The summed E-state index contributed by atoms with van der Waals surface area (Å²) in [6, 6.07) is 1.80. The molecule has 4 atom stereocenters. The fraction of sp³-hybridized carbons (Fsp3) is 0.933. The average Bonchev–Trinajstić information content (AvgIpc) is 3.42. The first-order valence-electron chi connectivity index (χ1n) is 13.5. The standard InChI is InChI=1S/C8H13NS.C7H12N2S.C6H13N.3C2H6O.3CH4/c1-6-9-7-4-2-3-5-8(7)10-6;8-7-9-5-3-1-2-4-6(5)10-7;7-6-4-2-1-3-5-6;3*1-3-2;;;/h7-8H,2-5H2,1H3;5-6H,1-4H2,(H2,8,9);6H,1-5,7H2;3*1-2H3;3*1H4. The monoisotopic (exact) mass is 596 g/mol. The third-order valence-corrected chi connectivity index (χ3v) is 8.72. The van der Waals surface area contributed by atoms with Crippen LogP contribution in [0.3, 0.4) is 0 Å². The molecule has 0 amide bonds. The van der Waals surface area contributed by atoms with Crippen molar-refractivity contribution in [2.75, 3.05) is 42.7 Å². The number of nitrogens with two attached hydrogens (primary N) is 2. The molecule has 7 nitrogen and oxygen atoms in total. The largest absolute Gasteiger partial charge is 0.388 e. The number of hydrogen-bond donors (Lipinski definition) is 2. The lowest BCUT2D eigenvalue weighted by Gasteiger charge is -2.21. The van der Waals surface area contributed by atoms with Crippen LogP contribution in [0, 0.1) is 0 Å². The maximum absolute atomic E-state index is 5.63. The number of methoxy groups -OCH3 is 3. The van der Waals surface area contributed by atoms with E-state index in [-0.39, 0.29) is 22.3 Å². The Bertz CT molecular complexity index is 534. The minimum atomic E-state index is 0. The van der Waals surface area contributed by atoms with Crippen molar-refractivity contribution in [3.05, 3.63) is 0 Å². The number of aliphatic imine (C=N–C) groups is 2. The van der Waals surface area contributed by atoms with E-state index >= 15 is 0 Å². The van der Waals surface area contributed by atoms with Gasteiger partial charge in [-0.25, -0.2) is 0 Å². The van der Waals surface area contributed by atoms with Gasteiger partial charge in [-0.15, -0.1) is 11.8 Å². The zero-order valence-corrected chi connectivity index (χ0v) is 25.8. The molecule has 0 aromatic carbocycles. The summed E-state index contributed by atoms with van der Waals surface area (Å²) in [7, 11) is 9.75. The minimum Gasteiger partial charge on any atom is -0.388 e. The van der Waals surface area contributed by atoms with E-state index in [1.165, 1.54) is 88.5 Å². The third-order valence-electron chi connectivity index (χ3n) is 6.22. The van der Waals surface area contributed by atoms with Gasteiger partial charge in [-0.3, -0.25) is 9.98 Å². The van der Waals surface area contributed by atoms with Crippen LogP contribution in [-0.4, -0.2) is 81.5 Å². The Balaban J connectivity index is -0.000000200. The number of rotatable bonds is 0. The average molecular weight is 597 g/mol. The lowest BCUT2D eigenvalue weighted by molar-refractivity contribution is 0.277. The molecule has 5 aliphatic rings. The molecule has 2 heterocycles. The van der Waals surface area contributed by atoms with Gasteiger partial charge >= 0.3 is 0 Å². The van der Waals surface area contributed by atoms with Crippen molar-refractivity contribution in [2.45, 2.75) is 141 Å². The predicted molar refractivity (Wildman–Crippen MR) is 182 cm³/mol. The summed E-state index contributed by atoms with van der Waals surface area (Å²) in [6.07, 6.45) is 17.5. The number of amidine groups is 1. The summed E-state index contributed by atoms with van der Waals surface area (Å²) >= 11 is 3.78. The van der Waals surface area contributed by atoms with E-state index in [2.05, 4.69) is 31.1 Å². The van der Waals surface area contributed by atoms with Gasteiger partial charge in [-0.1, -0.05) is 79.0 Å². The van der Waals surface area contributed by atoms with Crippen LogP contribution in [0.15, 0.2) is 9.98 Å². The number of nitrogens with zero attached hydrogens (tertiary/aromatic N) is 2. The number of fused-ring (bicyclic) bond motifs is 2. The Morgan fingerprint density at radius 2 is 0.949 bits per heavy atom. The van der Waals surface area contributed by atoms with Crippen LogP contribution in [-0.2, 0) is 14.2 Å². The van der Waals surface area contributed by atoms with Crippen LogP contribution in [0.2, 0.25) is 0 Å². The van der Waals surface area contributed by atoms with Crippen LogP contribution in [0.5, 0.6) is 0 Å². The maximum atomic E-state index is 5.63. The second-order valence-electron chi connectivity index (χ2n) is 9.75. The fourth-order valence-corrected chi connectivity index (χ4v) is 7.11. The molecule has 5 rings (SSSR count). The van der Waals surface area contributed by atoms with Crippen molar-refractivity contribution in [3.63, 3.8) is 0 Å². The van der Waals surface area contributed by atoms with E-state index in [1.807, 2.05) is 11.8 Å². The SMILES string of the molecule is C.C.C.CC1=NC2CCCCC2S1.COC.COC.COC.NC1=NC2CCCCC2S1.NC1CCCCC1. The summed E-state index contributed by atoms with van der Waals surface area (Å²) in [4.78, 5) is 8.96. The highest BCUT2D eigenvalue weighted by molar-refractivity contribution is 8.15. The van der Waals surface area contributed by atoms with Crippen molar-refractivity contribution in [1.82, 2.24) is 0 Å². The molecule has 3 fully saturated rings.